The molecule has 0 bridgehead atoms. The van der Waals surface area contributed by atoms with Crippen molar-refractivity contribution in [2.45, 2.75) is 19.8 Å². The zero-order valence-corrected chi connectivity index (χ0v) is 8.95. The van der Waals surface area contributed by atoms with Gasteiger partial charge in [-0.15, -0.1) is 0 Å². The van der Waals surface area contributed by atoms with Crippen LogP contribution >= 0.6 is 11.6 Å². The average Bonchev–Trinajstić information content (AvgIpc) is 2.17. The summed E-state index contributed by atoms with van der Waals surface area (Å²) in [6.07, 6.45) is 1.54. The Morgan fingerprint density at radius 1 is 1.53 bits per heavy atom. The Hall–Kier alpha value is -1.42. The number of halogens is 1. The normalized spacial score (nSPS) is 9.73. The lowest BCUT2D eigenvalue weighted by molar-refractivity contribution is -0.137. The van der Waals surface area contributed by atoms with Crippen molar-refractivity contribution in [3.63, 3.8) is 0 Å². The first kappa shape index (κ1) is 11.7. The number of hydrogen-bond acceptors (Lipinski definition) is 4. The Morgan fingerprint density at radius 3 is 2.87 bits per heavy atom. The van der Waals surface area contributed by atoms with E-state index in [0.29, 0.717) is 12.2 Å². The van der Waals surface area contributed by atoms with Crippen molar-refractivity contribution in [2.24, 2.45) is 0 Å². The number of rotatable bonds is 4. The van der Waals surface area contributed by atoms with E-state index >= 15 is 0 Å². The van der Waals surface area contributed by atoms with Crippen LogP contribution in [0.2, 0.25) is 5.15 Å². The summed E-state index contributed by atoms with van der Waals surface area (Å²) >= 11 is 5.59. The highest BCUT2D eigenvalue weighted by Gasteiger charge is 2.10. The summed E-state index contributed by atoms with van der Waals surface area (Å²) in [4.78, 5) is 25.9. The molecule has 80 valence electrons. The SMILES string of the molecule is CCC(=O)CC(=O)Oc1ccnc(Cl)c1. The van der Waals surface area contributed by atoms with Crippen molar-refractivity contribution < 1.29 is 14.3 Å². The Kier molecular flexibility index (Phi) is 4.24. The van der Waals surface area contributed by atoms with Gasteiger partial charge in [-0.1, -0.05) is 18.5 Å². The van der Waals surface area contributed by atoms with Crippen LogP contribution < -0.4 is 4.74 Å². The molecular weight excluding hydrogens is 218 g/mol. The van der Waals surface area contributed by atoms with Crippen LogP contribution in [-0.2, 0) is 9.59 Å². The number of ether oxygens (including phenoxy) is 1. The second-order valence-corrected chi connectivity index (χ2v) is 3.24. The molecule has 0 saturated carbocycles. The summed E-state index contributed by atoms with van der Waals surface area (Å²) in [5.41, 5.74) is 0. The Bertz CT molecular complexity index is 379. The number of ketones is 1. The first-order chi connectivity index (χ1) is 7.11. The third-order valence-electron chi connectivity index (χ3n) is 1.67. The molecule has 0 aliphatic rings. The summed E-state index contributed by atoms with van der Waals surface area (Å²) in [6, 6.07) is 2.91. The van der Waals surface area contributed by atoms with Crippen LogP contribution in [0.15, 0.2) is 18.3 Å². The fourth-order valence-electron chi connectivity index (χ4n) is 0.902. The van der Waals surface area contributed by atoms with E-state index in [1.807, 2.05) is 0 Å². The fourth-order valence-corrected chi connectivity index (χ4v) is 1.07. The Labute approximate surface area is 92.2 Å². The summed E-state index contributed by atoms with van der Waals surface area (Å²) in [5.74, 6) is -0.437. The van der Waals surface area contributed by atoms with Gasteiger partial charge in [-0.2, -0.15) is 0 Å². The molecule has 0 spiro atoms. The molecule has 1 heterocycles. The molecule has 4 nitrogen and oxygen atoms in total. The minimum atomic E-state index is -0.580. The minimum Gasteiger partial charge on any atom is -0.426 e. The van der Waals surface area contributed by atoms with Crippen molar-refractivity contribution in [3.05, 3.63) is 23.5 Å². The molecule has 0 unspecified atom stereocenters. The van der Waals surface area contributed by atoms with Crippen LogP contribution in [0.25, 0.3) is 0 Å². The largest absolute Gasteiger partial charge is 0.426 e. The molecule has 0 aliphatic heterocycles. The van der Waals surface area contributed by atoms with E-state index in [0.717, 1.165) is 0 Å². The zero-order valence-electron chi connectivity index (χ0n) is 8.20. The Balaban J connectivity index is 2.55. The number of Topliss-reactive ketones (excluding diaryl/α,β-unsaturated/α-hetero) is 1. The lowest BCUT2D eigenvalue weighted by Gasteiger charge is -2.02. The third-order valence-corrected chi connectivity index (χ3v) is 1.87. The molecular formula is C10H10ClNO3. The number of hydrogen-bond donors (Lipinski definition) is 0. The maximum atomic E-state index is 11.2. The molecule has 0 aromatic carbocycles. The van der Waals surface area contributed by atoms with E-state index in [4.69, 9.17) is 16.3 Å². The number of carbonyl (C=O) groups excluding carboxylic acids is 2. The van der Waals surface area contributed by atoms with Crippen molar-refractivity contribution in [1.82, 2.24) is 4.98 Å². The molecule has 0 fully saturated rings. The smallest absolute Gasteiger partial charge is 0.318 e. The monoisotopic (exact) mass is 227 g/mol. The first-order valence-electron chi connectivity index (χ1n) is 4.45. The van der Waals surface area contributed by atoms with Crippen molar-refractivity contribution in [1.29, 1.82) is 0 Å². The zero-order chi connectivity index (χ0) is 11.3. The van der Waals surface area contributed by atoms with E-state index in [1.54, 1.807) is 6.92 Å². The number of carbonyl (C=O) groups is 2. The molecule has 1 rings (SSSR count). The van der Waals surface area contributed by atoms with Gasteiger partial charge in [-0.05, 0) is 6.07 Å². The fraction of sp³-hybridized carbons (Fsp3) is 0.300. The molecule has 1 aromatic rings. The molecule has 0 saturated heterocycles. The second-order valence-electron chi connectivity index (χ2n) is 2.86. The Morgan fingerprint density at radius 2 is 2.27 bits per heavy atom. The first-order valence-corrected chi connectivity index (χ1v) is 4.83. The van der Waals surface area contributed by atoms with Crippen molar-refractivity contribution >= 4 is 23.4 Å². The van der Waals surface area contributed by atoms with Gasteiger partial charge in [0.05, 0.1) is 0 Å². The van der Waals surface area contributed by atoms with Crippen molar-refractivity contribution in [3.8, 4) is 5.75 Å². The summed E-state index contributed by atoms with van der Waals surface area (Å²) in [6.45, 7) is 1.69. The van der Waals surface area contributed by atoms with Gasteiger partial charge in [-0.3, -0.25) is 9.59 Å². The molecule has 15 heavy (non-hydrogen) atoms. The van der Waals surface area contributed by atoms with Crippen LogP contribution in [0, 0.1) is 0 Å². The van der Waals surface area contributed by atoms with E-state index in [-0.39, 0.29) is 17.4 Å². The molecule has 0 amide bonds. The van der Waals surface area contributed by atoms with Crippen LogP contribution in [0.4, 0.5) is 0 Å². The second kappa shape index (κ2) is 5.46. The molecule has 5 heteroatoms. The highest BCUT2D eigenvalue weighted by molar-refractivity contribution is 6.29. The van der Waals surface area contributed by atoms with Gasteiger partial charge in [0.2, 0.25) is 0 Å². The topological polar surface area (TPSA) is 56.3 Å². The molecule has 0 radical (unpaired) electrons. The summed E-state index contributed by atoms with van der Waals surface area (Å²) in [5, 5.41) is 0.238. The van der Waals surface area contributed by atoms with Gasteiger partial charge in [-0.25, -0.2) is 4.98 Å². The summed E-state index contributed by atoms with van der Waals surface area (Å²) in [7, 11) is 0. The van der Waals surface area contributed by atoms with Gasteiger partial charge >= 0.3 is 5.97 Å². The van der Waals surface area contributed by atoms with Crippen LogP contribution in [0.5, 0.6) is 5.75 Å². The van der Waals surface area contributed by atoms with Crippen molar-refractivity contribution in [2.75, 3.05) is 0 Å². The van der Waals surface area contributed by atoms with Crippen LogP contribution in [0.1, 0.15) is 19.8 Å². The maximum absolute atomic E-state index is 11.2. The van der Waals surface area contributed by atoms with Gasteiger partial charge in [0.1, 0.15) is 23.1 Å². The minimum absolute atomic E-state index is 0.153. The van der Waals surface area contributed by atoms with Crippen LogP contribution in [0.3, 0.4) is 0 Å². The average molecular weight is 228 g/mol. The lowest BCUT2D eigenvalue weighted by Crippen LogP contribution is -2.13. The van der Waals surface area contributed by atoms with E-state index < -0.39 is 5.97 Å². The quantitative estimate of drug-likeness (QED) is 0.449. The third kappa shape index (κ3) is 4.08. The predicted molar refractivity (Wildman–Crippen MR) is 54.8 cm³/mol. The standard InChI is InChI=1S/C10H10ClNO3/c1-2-7(13)5-10(14)15-8-3-4-12-9(11)6-8/h3-4,6H,2,5H2,1H3. The van der Waals surface area contributed by atoms with Gasteiger partial charge in [0.25, 0.3) is 0 Å². The lowest BCUT2D eigenvalue weighted by atomic mass is 10.2. The highest BCUT2D eigenvalue weighted by atomic mass is 35.5. The van der Waals surface area contributed by atoms with E-state index in [2.05, 4.69) is 4.98 Å². The van der Waals surface area contributed by atoms with Gasteiger partial charge in [0.15, 0.2) is 0 Å². The number of pyridine rings is 1. The van der Waals surface area contributed by atoms with Crippen LogP contribution in [-0.4, -0.2) is 16.7 Å². The molecule has 0 aliphatic carbocycles. The molecule has 0 atom stereocenters. The van der Waals surface area contributed by atoms with Gasteiger partial charge in [0, 0.05) is 18.7 Å². The number of nitrogens with zero attached hydrogens (tertiary/aromatic N) is 1. The summed E-state index contributed by atoms with van der Waals surface area (Å²) < 4.78 is 4.88. The van der Waals surface area contributed by atoms with Gasteiger partial charge < -0.3 is 4.74 Å². The molecule has 0 N–H and O–H groups in total. The van der Waals surface area contributed by atoms with E-state index in [1.165, 1.54) is 18.3 Å². The number of aromatic nitrogens is 1. The number of esters is 1. The predicted octanol–water partition coefficient (Wildman–Crippen LogP) is 2.01. The molecule has 1 aromatic heterocycles. The highest BCUT2D eigenvalue weighted by Crippen LogP contribution is 2.14. The van der Waals surface area contributed by atoms with E-state index in [9.17, 15) is 9.59 Å². The maximum Gasteiger partial charge on any atom is 0.318 e.